The summed E-state index contributed by atoms with van der Waals surface area (Å²) in [5.74, 6) is -1.66. The van der Waals surface area contributed by atoms with Gasteiger partial charge in [-0.25, -0.2) is 12.8 Å². The number of halogens is 1. The molecule has 0 bridgehead atoms. The van der Waals surface area contributed by atoms with Gasteiger partial charge in [0.05, 0.1) is 25.2 Å². The highest BCUT2D eigenvalue weighted by Crippen LogP contribution is 2.26. The number of hydrogen-bond acceptors (Lipinski definition) is 6. The maximum absolute atomic E-state index is 13.0. The predicted molar refractivity (Wildman–Crippen MR) is 113 cm³/mol. The SMILES string of the molecule is COc1ccc(S(=O)(=O)N2CCO[C@H]2CNC(=O)C(=O)NCc2ccc(F)cc2)cc1C. The fourth-order valence-electron chi connectivity index (χ4n) is 3.21. The third kappa shape index (κ3) is 5.42. The maximum Gasteiger partial charge on any atom is 0.309 e. The van der Waals surface area contributed by atoms with Crippen LogP contribution in [0.25, 0.3) is 0 Å². The van der Waals surface area contributed by atoms with Crippen molar-refractivity contribution >= 4 is 21.8 Å². The Morgan fingerprint density at radius 2 is 1.84 bits per heavy atom. The van der Waals surface area contributed by atoms with E-state index in [1.165, 1.54) is 43.5 Å². The van der Waals surface area contributed by atoms with Crippen molar-refractivity contribution in [3.63, 3.8) is 0 Å². The van der Waals surface area contributed by atoms with Crippen molar-refractivity contribution in [1.29, 1.82) is 0 Å². The summed E-state index contributed by atoms with van der Waals surface area (Å²) in [5.41, 5.74) is 1.29. The van der Waals surface area contributed by atoms with Crippen molar-refractivity contribution in [3.05, 3.63) is 59.4 Å². The Balaban J connectivity index is 1.58. The highest BCUT2D eigenvalue weighted by Gasteiger charge is 2.37. The highest BCUT2D eigenvalue weighted by molar-refractivity contribution is 7.89. The van der Waals surface area contributed by atoms with E-state index >= 15 is 0 Å². The topological polar surface area (TPSA) is 114 Å². The lowest BCUT2D eigenvalue weighted by atomic mass is 10.2. The van der Waals surface area contributed by atoms with E-state index in [1.54, 1.807) is 13.0 Å². The van der Waals surface area contributed by atoms with E-state index in [4.69, 9.17) is 9.47 Å². The molecule has 1 saturated heterocycles. The molecule has 1 aliphatic rings. The molecule has 1 aliphatic heterocycles. The molecule has 2 N–H and O–H groups in total. The van der Waals surface area contributed by atoms with Gasteiger partial charge in [-0.1, -0.05) is 12.1 Å². The molecule has 2 aromatic carbocycles. The standard InChI is InChI=1S/C21H24FN3O6S/c1-14-11-17(7-8-18(14)30-2)32(28,29)25-9-10-31-19(25)13-24-21(27)20(26)23-12-15-3-5-16(22)6-4-15/h3-8,11,19H,9-10,12-13H2,1-2H3,(H,23,26)(H,24,27)/t19-/m0/s1. The van der Waals surface area contributed by atoms with Crippen molar-refractivity contribution in [3.8, 4) is 5.75 Å². The third-order valence-corrected chi connectivity index (χ3v) is 6.81. The Labute approximate surface area is 185 Å². The molecule has 0 aromatic heterocycles. The molecule has 2 amide bonds. The molecule has 3 rings (SSSR count). The summed E-state index contributed by atoms with van der Waals surface area (Å²) in [7, 11) is -2.38. The number of amides is 2. The first-order chi connectivity index (χ1) is 15.2. The monoisotopic (exact) mass is 465 g/mol. The summed E-state index contributed by atoms with van der Waals surface area (Å²) in [6, 6.07) is 9.99. The zero-order valence-corrected chi connectivity index (χ0v) is 18.4. The minimum atomic E-state index is -3.88. The second-order valence-corrected chi connectivity index (χ2v) is 8.98. The van der Waals surface area contributed by atoms with E-state index in [-0.39, 0.29) is 31.1 Å². The van der Waals surface area contributed by atoms with E-state index in [0.717, 1.165) is 4.31 Å². The number of carbonyl (C=O) groups is 2. The minimum absolute atomic E-state index is 0.0454. The van der Waals surface area contributed by atoms with Crippen LogP contribution < -0.4 is 15.4 Å². The first kappa shape index (κ1) is 23.6. The fourth-order valence-corrected chi connectivity index (χ4v) is 4.81. The Morgan fingerprint density at radius 1 is 1.16 bits per heavy atom. The van der Waals surface area contributed by atoms with Gasteiger partial charge in [0.2, 0.25) is 10.0 Å². The molecule has 172 valence electrons. The molecule has 32 heavy (non-hydrogen) atoms. The molecule has 0 saturated carbocycles. The molecule has 0 spiro atoms. The normalized spacial score (nSPS) is 16.5. The molecule has 2 aromatic rings. The van der Waals surface area contributed by atoms with E-state index in [0.29, 0.717) is 16.9 Å². The van der Waals surface area contributed by atoms with Gasteiger partial charge in [0, 0.05) is 13.1 Å². The molecule has 9 nitrogen and oxygen atoms in total. The first-order valence-corrected chi connectivity index (χ1v) is 11.2. The van der Waals surface area contributed by atoms with E-state index in [9.17, 15) is 22.4 Å². The summed E-state index contributed by atoms with van der Waals surface area (Å²) in [6.07, 6.45) is -0.948. The average molecular weight is 466 g/mol. The van der Waals surface area contributed by atoms with Gasteiger partial charge in [-0.3, -0.25) is 9.59 Å². The average Bonchev–Trinajstić information content (AvgIpc) is 3.26. The van der Waals surface area contributed by atoms with E-state index < -0.39 is 33.9 Å². The third-order valence-electron chi connectivity index (χ3n) is 4.93. The minimum Gasteiger partial charge on any atom is -0.496 e. The van der Waals surface area contributed by atoms with Crippen LogP contribution in [0.15, 0.2) is 47.4 Å². The summed E-state index contributed by atoms with van der Waals surface area (Å²) >= 11 is 0. The molecular formula is C21H24FN3O6S. The van der Waals surface area contributed by atoms with Crippen LogP contribution in [0.1, 0.15) is 11.1 Å². The number of carbonyl (C=O) groups excluding carboxylic acids is 2. The van der Waals surface area contributed by atoms with Crippen LogP contribution in [0.5, 0.6) is 5.75 Å². The van der Waals surface area contributed by atoms with Gasteiger partial charge in [0.1, 0.15) is 17.8 Å². The largest absolute Gasteiger partial charge is 0.496 e. The second-order valence-electron chi connectivity index (χ2n) is 7.09. The number of aryl methyl sites for hydroxylation is 1. The zero-order chi connectivity index (χ0) is 23.3. The number of hydrogen-bond donors (Lipinski definition) is 2. The highest BCUT2D eigenvalue weighted by atomic mass is 32.2. The Kier molecular flexibility index (Phi) is 7.44. The predicted octanol–water partition coefficient (Wildman–Crippen LogP) is 0.922. The number of rotatable bonds is 7. The van der Waals surface area contributed by atoms with Crippen LogP contribution in [-0.2, 0) is 30.9 Å². The number of nitrogens with zero attached hydrogens (tertiary/aromatic N) is 1. The first-order valence-electron chi connectivity index (χ1n) is 9.81. The molecular weight excluding hydrogens is 441 g/mol. The number of sulfonamides is 1. The van der Waals surface area contributed by atoms with Crippen LogP contribution in [-0.4, -0.2) is 57.6 Å². The lowest BCUT2D eigenvalue weighted by molar-refractivity contribution is -0.139. The molecule has 1 fully saturated rings. The van der Waals surface area contributed by atoms with Gasteiger partial charge in [0.15, 0.2) is 0 Å². The Bertz CT molecular complexity index is 1090. The van der Waals surface area contributed by atoms with Gasteiger partial charge < -0.3 is 20.1 Å². The quantitative estimate of drug-likeness (QED) is 0.588. The van der Waals surface area contributed by atoms with E-state index in [1.807, 2.05) is 0 Å². The lowest BCUT2D eigenvalue weighted by Crippen LogP contribution is -2.47. The molecule has 0 radical (unpaired) electrons. The van der Waals surface area contributed by atoms with Gasteiger partial charge in [-0.2, -0.15) is 4.31 Å². The van der Waals surface area contributed by atoms with Crippen molar-refractivity contribution in [2.75, 3.05) is 26.8 Å². The van der Waals surface area contributed by atoms with Crippen molar-refractivity contribution in [2.24, 2.45) is 0 Å². The maximum atomic E-state index is 13.0. The Hall–Kier alpha value is -3.02. The van der Waals surface area contributed by atoms with Crippen LogP contribution in [0.2, 0.25) is 0 Å². The molecule has 1 heterocycles. The smallest absolute Gasteiger partial charge is 0.309 e. The number of nitrogens with one attached hydrogen (secondary N) is 2. The van der Waals surface area contributed by atoms with Crippen LogP contribution in [0.4, 0.5) is 4.39 Å². The van der Waals surface area contributed by atoms with Crippen LogP contribution in [0, 0.1) is 12.7 Å². The van der Waals surface area contributed by atoms with Crippen molar-refractivity contribution in [1.82, 2.24) is 14.9 Å². The van der Waals surface area contributed by atoms with E-state index in [2.05, 4.69) is 10.6 Å². The molecule has 11 heteroatoms. The molecule has 0 aliphatic carbocycles. The second kappa shape index (κ2) is 10.1. The van der Waals surface area contributed by atoms with Gasteiger partial charge in [-0.15, -0.1) is 0 Å². The van der Waals surface area contributed by atoms with Crippen LogP contribution >= 0.6 is 0 Å². The fraction of sp³-hybridized carbons (Fsp3) is 0.333. The van der Waals surface area contributed by atoms with Gasteiger partial charge in [0.25, 0.3) is 0 Å². The zero-order valence-electron chi connectivity index (χ0n) is 17.6. The number of ether oxygens (including phenoxy) is 2. The molecule has 0 unspecified atom stereocenters. The number of methoxy groups -OCH3 is 1. The van der Waals surface area contributed by atoms with Crippen molar-refractivity contribution < 1.29 is 31.9 Å². The lowest BCUT2D eigenvalue weighted by Gasteiger charge is -2.23. The Morgan fingerprint density at radius 3 is 2.50 bits per heavy atom. The summed E-state index contributed by atoms with van der Waals surface area (Å²) < 4.78 is 50.8. The van der Waals surface area contributed by atoms with Crippen molar-refractivity contribution in [2.45, 2.75) is 24.6 Å². The number of benzene rings is 2. The van der Waals surface area contributed by atoms with Gasteiger partial charge >= 0.3 is 11.8 Å². The van der Waals surface area contributed by atoms with Crippen LogP contribution in [0.3, 0.4) is 0 Å². The van der Waals surface area contributed by atoms with Gasteiger partial charge in [-0.05, 0) is 48.4 Å². The summed E-state index contributed by atoms with van der Waals surface area (Å²) in [5, 5.41) is 4.81. The summed E-state index contributed by atoms with van der Waals surface area (Å²) in [6.45, 7) is 1.86. The molecule has 1 atom stereocenters. The summed E-state index contributed by atoms with van der Waals surface area (Å²) in [4.78, 5) is 24.2.